The normalized spacial score (nSPS) is 24.8. The summed E-state index contributed by atoms with van der Waals surface area (Å²) in [7, 11) is 0. The minimum atomic E-state index is -4.58. The summed E-state index contributed by atoms with van der Waals surface area (Å²) in [6.45, 7) is 1.95. The summed E-state index contributed by atoms with van der Waals surface area (Å²) >= 11 is 0. The molecule has 0 aromatic carbocycles. The second kappa shape index (κ2) is 8.01. The first-order chi connectivity index (χ1) is 15.7. The van der Waals surface area contributed by atoms with E-state index in [4.69, 9.17) is 4.74 Å². The maximum atomic E-state index is 13.0. The molecule has 176 valence electrons. The SMILES string of the molecule is Cc1nn2cc(C3CC3)cnc2c1C(O)NC1(c2ccc(C(F)(F)F)nc2)CCOCC1O. The van der Waals surface area contributed by atoms with Crippen LogP contribution in [0.15, 0.2) is 30.7 Å². The zero-order valence-electron chi connectivity index (χ0n) is 17.9. The van der Waals surface area contributed by atoms with Gasteiger partial charge < -0.3 is 14.9 Å². The Balaban J connectivity index is 1.50. The van der Waals surface area contributed by atoms with Gasteiger partial charge in [-0.15, -0.1) is 0 Å². The average molecular weight is 463 g/mol. The third kappa shape index (κ3) is 3.99. The van der Waals surface area contributed by atoms with Crippen molar-refractivity contribution in [2.24, 2.45) is 0 Å². The summed E-state index contributed by atoms with van der Waals surface area (Å²) in [6, 6.07) is 2.14. The molecule has 3 aromatic heterocycles. The first kappa shape index (κ1) is 22.2. The van der Waals surface area contributed by atoms with Gasteiger partial charge in [-0.25, -0.2) is 9.50 Å². The molecule has 1 saturated heterocycles. The van der Waals surface area contributed by atoms with Crippen LogP contribution in [0.2, 0.25) is 0 Å². The fourth-order valence-corrected chi connectivity index (χ4v) is 4.49. The summed E-state index contributed by atoms with van der Waals surface area (Å²) in [6.07, 6.45) is 0.225. The number of ether oxygens (including phenoxy) is 1. The van der Waals surface area contributed by atoms with Crippen molar-refractivity contribution >= 4 is 5.65 Å². The lowest BCUT2D eigenvalue weighted by Gasteiger charge is -2.43. The van der Waals surface area contributed by atoms with Crippen LogP contribution in [0.5, 0.6) is 0 Å². The summed E-state index contributed by atoms with van der Waals surface area (Å²) in [5.41, 5.74) is 0.572. The van der Waals surface area contributed by atoms with Crippen molar-refractivity contribution in [2.45, 2.75) is 56.2 Å². The number of alkyl halides is 3. The lowest BCUT2D eigenvalue weighted by atomic mass is 9.80. The Morgan fingerprint density at radius 2 is 2.03 bits per heavy atom. The molecular formula is C22H24F3N5O3. The van der Waals surface area contributed by atoms with Crippen molar-refractivity contribution in [3.05, 3.63) is 58.8 Å². The third-order valence-corrected chi connectivity index (χ3v) is 6.48. The van der Waals surface area contributed by atoms with Crippen LogP contribution >= 0.6 is 0 Å². The fraction of sp³-hybridized carbons (Fsp3) is 0.500. The van der Waals surface area contributed by atoms with E-state index in [0.29, 0.717) is 28.4 Å². The summed E-state index contributed by atoms with van der Waals surface area (Å²) in [5, 5.41) is 29.6. The van der Waals surface area contributed by atoms with Gasteiger partial charge in [0.15, 0.2) is 5.65 Å². The van der Waals surface area contributed by atoms with Crippen LogP contribution < -0.4 is 5.32 Å². The van der Waals surface area contributed by atoms with Gasteiger partial charge in [0.2, 0.25) is 0 Å². The Kier molecular flexibility index (Phi) is 5.39. The molecular weight excluding hydrogens is 439 g/mol. The summed E-state index contributed by atoms with van der Waals surface area (Å²) < 4.78 is 46.0. The predicted molar refractivity (Wildman–Crippen MR) is 110 cm³/mol. The summed E-state index contributed by atoms with van der Waals surface area (Å²) in [4.78, 5) is 8.05. The first-order valence-electron chi connectivity index (χ1n) is 10.8. The molecule has 5 rings (SSSR count). The van der Waals surface area contributed by atoms with E-state index in [1.165, 1.54) is 6.07 Å². The van der Waals surface area contributed by atoms with E-state index < -0.39 is 29.7 Å². The minimum Gasteiger partial charge on any atom is -0.388 e. The Morgan fingerprint density at radius 1 is 1.24 bits per heavy atom. The highest BCUT2D eigenvalue weighted by Gasteiger charge is 2.45. The zero-order valence-corrected chi connectivity index (χ0v) is 17.9. The molecule has 1 aliphatic carbocycles. The number of fused-ring (bicyclic) bond motifs is 1. The number of hydrogen-bond acceptors (Lipinski definition) is 7. The van der Waals surface area contributed by atoms with Crippen molar-refractivity contribution in [3.63, 3.8) is 0 Å². The van der Waals surface area contributed by atoms with E-state index in [1.807, 2.05) is 6.20 Å². The van der Waals surface area contributed by atoms with Gasteiger partial charge in [-0.3, -0.25) is 10.3 Å². The monoisotopic (exact) mass is 463 g/mol. The quantitative estimate of drug-likeness (QED) is 0.500. The molecule has 1 aliphatic heterocycles. The molecule has 33 heavy (non-hydrogen) atoms. The van der Waals surface area contributed by atoms with E-state index >= 15 is 0 Å². The lowest BCUT2D eigenvalue weighted by molar-refractivity contribution is -0.141. The maximum absolute atomic E-state index is 13.0. The molecule has 3 unspecified atom stereocenters. The van der Waals surface area contributed by atoms with Crippen LogP contribution in [0.25, 0.3) is 5.65 Å². The van der Waals surface area contributed by atoms with Crippen LogP contribution in [0.3, 0.4) is 0 Å². The highest BCUT2D eigenvalue weighted by atomic mass is 19.4. The molecule has 0 amide bonds. The van der Waals surface area contributed by atoms with Crippen LogP contribution in [0, 0.1) is 6.92 Å². The second-order valence-electron chi connectivity index (χ2n) is 8.72. The first-order valence-corrected chi connectivity index (χ1v) is 10.8. The van der Waals surface area contributed by atoms with Crippen LogP contribution in [0.4, 0.5) is 13.2 Å². The topological polar surface area (TPSA) is 105 Å². The van der Waals surface area contributed by atoms with Crippen molar-refractivity contribution in [1.29, 1.82) is 0 Å². The predicted octanol–water partition coefficient (Wildman–Crippen LogP) is 2.59. The molecule has 11 heteroatoms. The molecule has 2 aliphatic rings. The van der Waals surface area contributed by atoms with Gasteiger partial charge in [-0.1, -0.05) is 6.07 Å². The third-order valence-electron chi connectivity index (χ3n) is 6.48. The number of aliphatic hydroxyl groups is 2. The van der Waals surface area contributed by atoms with Gasteiger partial charge in [0.25, 0.3) is 0 Å². The molecule has 4 heterocycles. The molecule has 2 fully saturated rings. The van der Waals surface area contributed by atoms with Gasteiger partial charge >= 0.3 is 6.18 Å². The Hall–Kier alpha value is -2.60. The number of pyridine rings is 1. The minimum absolute atomic E-state index is 0.0442. The second-order valence-corrected chi connectivity index (χ2v) is 8.72. The Labute approximate surface area is 187 Å². The molecule has 8 nitrogen and oxygen atoms in total. The molecule has 0 spiro atoms. The van der Waals surface area contributed by atoms with Gasteiger partial charge in [0, 0.05) is 25.2 Å². The van der Waals surface area contributed by atoms with Crippen molar-refractivity contribution in [2.75, 3.05) is 13.2 Å². The highest BCUT2D eigenvalue weighted by Crippen LogP contribution is 2.40. The van der Waals surface area contributed by atoms with Gasteiger partial charge in [0.1, 0.15) is 11.9 Å². The average Bonchev–Trinajstić information content (AvgIpc) is 3.56. The number of aromatic nitrogens is 4. The molecule has 3 aromatic rings. The number of nitrogens with one attached hydrogen (secondary N) is 1. The van der Waals surface area contributed by atoms with Crippen LogP contribution in [-0.2, 0) is 16.5 Å². The van der Waals surface area contributed by atoms with Crippen LogP contribution in [-0.4, -0.2) is 49.1 Å². The number of aliphatic hydroxyl groups excluding tert-OH is 2. The van der Waals surface area contributed by atoms with E-state index in [9.17, 15) is 23.4 Å². The number of rotatable bonds is 5. The number of halogens is 3. The van der Waals surface area contributed by atoms with Crippen LogP contribution in [0.1, 0.15) is 59.5 Å². The van der Waals surface area contributed by atoms with Gasteiger partial charge in [0.05, 0.1) is 29.5 Å². The highest BCUT2D eigenvalue weighted by molar-refractivity contribution is 5.51. The molecule has 1 saturated carbocycles. The molecule has 3 N–H and O–H groups in total. The maximum Gasteiger partial charge on any atom is 0.433 e. The van der Waals surface area contributed by atoms with Crippen molar-refractivity contribution in [1.82, 2.24) is 24.9 Å². The zero-order chi connectivity index (χ0) is 23.4. The summed E-state index contributed by atoms with van der Waals surface area (Å²) in [5.74, 6) is 0.491. The van der Waals surface area contributed by atoms with Gasteiger partial charge in [-0.2, -0.15) is 18.3 Å². The molecule has 3 atom stereocenters. The number of hydrogen-bond donors (Lipinski definition) is 3. The van der Waals surface area contributed by atoms with E-state index in [1.54, 1.807) is 17.6 Å². The van der Waals surface area contributed by atoms with Crippen molar-refractivity contribution < 1.29 is 28.1 Å². The number of nitrogens with zero attached hydrogens (tertiary/aromatic N) is 4. The standard InChI is InChI=1S/C22H24F3N5O3/c1-12-18(19-27-8-14(13-2-3-13)10-30(19)29-12)20(32)28-21(6-7-33-11-17(21)31)15-4-5-16(26-9-15)22(23,24)25/h4-5,8-10,13,17,20,28,31-32H,2-3,6-7,11H2,1H3. The molecule has 0 radical (unpaired) electrons. The van der Waals surface area contributed by atoms with E-state index in [2.05, 4.69) is 20.4 Å². The van der Waals surface area contributed by atoms with Gasteiger partial charge in [-0.05, 0) is 49.3 Å². The Bertz CT molecular complexity index is 1160. The van der Waals surface area contributed by atoms with E-state index in [0.717, 1.165) is 30.7 Å². The largest absolute Gasteiger partial charge is 0.433 e. The Morgan fingerprint density at radius 3 is 2.67 bits per heavy atom. The number of aryl methyl sites for hydroxylation is 1. The van der Waals surface area contributed by atoms with Crippen molar-refractivity contribution in [3.8, 4) is 0 Å². The lowest BCUT2D eigenvalue weighted by Crippen LogP contribution is -2.57. The smallest absolute Gasteiger partial charge is 0.388 e. The van der Waals surface area contributed by atoms with E-state index in [-0.39, 0.29) is 19.6 Å². The molecule has 0 bridgehead atoms. The fourth-order valence-electron chi connectivity index (χ4n) is 4.49.